The van der Waals surface area contributed by atoms with Crippen molar-refractivity contribution in [3.63, 3.8) is 0 Å². The molecular weight excluding hydrogens is 474 g/mol. The molecular formula is C24H15F4NO2S2. The molecule has 0 atom stereocenters. The van der Waals surface area contributed by atoms with Crippen LogP contribution in [0.4, 0.5) is 23.2 Å². The topological polar surface area (TPSA) is 29.5 Å². The molecule has 3 aromatic rings. The van der Waals surface area contributed by atoms with Gasteiger partial charge in [0.05, 0.1) is 16.2 Å². The molecule has 1 heterocycles. The van der Waals surface area contributed by atoms with Gasteiger partial charge in [0.1, 0.15) is 18.2 Å². The number of benzene rings is 3. The Morgan fingerprint density at radius 1 is 1.00 bits per heavy atom. The second-order valence-corrected chi connectivity index (χ2v) is 8.66. The fraction of sp³-hybridized carbons (Fsp3) is 0.0833. The third-order valence-electron chi connectivity index (χ3n) is 4.77. The minimum atomic E-state index is -4.54. The van der Waals surface area contributed by atoms with Gasteiger partial charge in [-0.05, 0) is 36.4 Å². The predicted octanol–water partition coefficient (Wildman–Crippen LogP) is 6.83. The van der Waals surface area contributed by atoms with Gasteiger partial charge in [-0.15, -0.1) is 0 Å². The van der Waals surface area contributed by atoms with Crippen LogP contribution in [0.25, 0.3) is 6.08 Å². The lowest BCUT2D eigenvalue weighted by Gasteiger charge is -2.16. The number of carbonyl (C=O) groups excluding carboxylic acids is 1. The zero-order chi connectivity index (χ0) is 23.6. The van der Waals surface area contributed by atoms with Crippen molar-refractivity contribution in [3.05, 3.63) is 100 Å². The molecule has 0 aliphatic carbocycles. The van der Waals surface area contributed by atoms with E-state index in [1.54, 1.807) is 48.5 Å². The van der Waals surface area contributed by atoms with Gasteiger partial charge in [0.15, 0.2) is 4.32 Å². The largest absolute Gasteiger partial charge is 0.488 e. The van der Waals surface area contributed by atoms with Crippen LogP contribution in [0.1, 0.15) is 16.7 Å². The highest BCUT2D eigenvalue weighted by Crippen LogP contribution is 2.39. The van der Waals surface area contributed by atoms with Crippen LogP contribution >= 0.6 is 24.0 Å². The summed E-state index contributed by atoms with van der Waals surface area (Å²) in [6, 6.07) is 17.6. The molecule has 1 amide bonds. The van der Waals surface area contributed by atoms with Gasteiger partial charge in [0.2, 0.25) is 0 Å². The molecule has 33 heavy (non-hydrogen) atoms. The Labute approximate surface area is 196 Å². The van der Waals surface area contributed by atoms with E-state index in [0.717, 1.165) is 28.8 Å². The normalized spacial score (nSPS) is 15.4. The van der Waals surface area contributed by atoms with Gasteiger partial charge in [-0.1, -0.05) is 66.4 Å². The molecule has 4 rings (SSSR count). The first-order chi connectivity index (χ1) is 15.7. The van der Waals surface area contributed by atoms with E-state index in [2.05, 4.69) is 0 Å². The standard InChI is InChI=1S/C24H15F4NO2S2/c25-19-10-3-1-7-16(19)14-31-20-11-4-2-6-15(20)12-21-22(30)29(23(32)33-21)18-9-5-8-17(13-18)24(26,27)28/h1-13H,14H2/b21-12+. The van der Waals surface area contributed by atoms with E-state index in [4.69, 9.17) is 17.0 Å². The lowest BCUT2D eigenvalue weighted by molar-refractivity contribution is -0.137. The lowest BCUT2D eigenvalue weighted by Crippen LogP contribution is -2.27. The van der Waals surface area contributed by atoms with Gasteiger partial charge < -0.3 is 4.74 Å². The van der Waals surface area contributed by atoms with Gasteiger partial charge in [0, 0.05) is 11.1 Å². The number of rotatable bonds is 5. The maximum Gasteiger partial charge on any atom is 0.416 e. The summed E-state index contributed by atoms with van der Waals surface area (Å²) >= 11 is 6.25. The Balaban J connectivity index is 1.59. The summed E-state index contributed by atoms with van der Waals surface area (Å²) in [5, 5.41) is 0. The van der Waals surface area contributed by atoms with Crippen molar-refractivity contribution >= 4 is 46.0 Å². The van der Waals surface area contributed by atoms with Crippen molar-refractivity contribution in [2.45, 2.75) is 12.8 Å². The molecule has 0 spiro atoms. The van der Waals surface area contributed by atoms with Crippen LogP contribution in [0, 0.1) is 5.82 Å². The fourth-order valence-electron chi connectivity index (χ4n) is 3.16. The summed E-state index contributed by atoms with van der Waals surface area (Å²) in [5.74, 6) is -0.504. The molecule has 0 unspecified atom stereocenters. The van der Waals surface area contributed by atoms with E-state index in [1.165, 1.54) is 18.2 Å². The third-order valence-corrected chi connectivity index (χ3v) is 6.07. The number of nitrogens with zero attached hydrogens (tertiary/aromatic N) is 1. The first-order valence-corrected chi connectivity index (χ1v) is 10.9. The van der Waals surface area contributed by atoms with Gasteiger partial charge >= 0.3 is 6.18 Å². The molecule has 0 aromatic heterocycles. The fourth-order valence-corrected chi connectivity index (χ4v) is 4.44. The van der Waals surface area contributed by atoms with Crippen LogP contribution in [0.15, 0.2) is 77.7 Å². The molecule has 1 saturated heterocycles. The summed E-state index contributed by atoms with van der Waals surface area (Å²) < 4.78 is 59.0. The maximum atomic E-state index is 13.9. The SMILES string of the molecule is O=C1/C(=C\c2ccccc2OCc2ccccc2F)SC(=S)N1c1cccc(C(F)(F)F)c1. The molecule has 168 valence electrons. The van der Waals surface area contributed by atoms with Gasteiger partial charge in [0.25, 0.3) is 5.91 Å². The number of hydrogen-bond donors (Lipinski definition) is 0. The smallest absolute Gasteiger partial charge is 0.416 e. The van der Waals surface area contributed by atoms with E-state index >= 15 is 0 Å². The molecule has 0 bridgehead atoms. The molecule has 3 nitrogen and oxygen atoms in total. The Kier molecular flexibility index (Phi) is 6.53. The van der Waals surface area contributed by atoms with Crippen molar-refractivity contribution in [3.8, 4) is 5.75 Å². The number of alkyl halides is 3. The molecule has 1 fully saturated rings. The number of anilines is 1. The molecule has 0 saturated carbocycles. The summed E-state index contributed by atoms with van der Waals surface area (Å²) in [5.41, 5.74) is 0.103. The Morgan fingerprint density at radius 3 is 2.48 bits per heavy atom. The Bertz CT molecular complexity index is 1260. The van der Waals surface area contributed by atoms with E-state index in [9.17, 15) is 22.4 Å². The molecule has 3 aromatic carbocycles. The summed E-state index contributed by atoms with van der Waals surface area (Å²) in [4.78, 5) is 14.3. The van der Waals surface area contributed by atoms with Crippen LogP contribution in [0.5, 0.6) is 5.75 Å². The molecule has 0 N–H and O–H groups in total. The van der Waals surface area contributed by atoms with Crippen molar-refractivity contribution < 1.29 is 27.1 Å². The van der Waals surface area contributed by atoms with Crippen LogP contribution in [0.2, 0.25) is 0 Å². The third kappa shape index (κ3) is 5.09. The second-order valence-electron chi connectivity index (χ2n) is 6.98. The maximum absolute atomic E-state index is 13.9. The van der Waals surface area contributed by atoms with E-state index in [1.807, 2.05) is 0 Å². The highest BCUT2D eigenvalue weighted by Gasteiger charge is 2.36. The quantitative estimate of drug-likeness (QED) is 0.223. The van der Waals surface area contributed by atoms with Crippen molar-refractivity contribution in [1.82, 2.24) is 0 Å². The number of hydrogen-bond acceptors (Lipinski definition) is 4. The highest BCUT2D eigenvalue weighted by molar-refractivity contribution is 8.27. The van der Waals surface area contributed by atoms with Gasteiger partial charge in [-0.25, -0.2) is 4.39 Å². The zero-order valence-corrected chi connectivity index (χ0v) is 18.4. The zero-order valence-electron chi connectivity index (χ0n) is 16.8. The van der Waals surface area contributed by atoms with E-state index < -0.39 is 23.5 Å². The van der Waals surface area contributed by atoms with E-state index in [0.29, 0.717) is 16.9 Å². The summed E-state index contributed by atoms with van der Waals surface area (Å²) in [7, 11) is 0. The predicted molar refractivity (Wildman–Crippen MR) is 124 cm³/mol. The van der Waals surface area contributed by atoms with Crippen molar-refractivity contribution in [2.24, 2.45) is 0 Å². The Morgan fingerprint density at radius 2 is 1.73 bits per heavy atom. The lowest BCUT2D eigenvalue weighted by atomic mass is 10.1. The minimum absolute atomic E-state index is 0.0112. The second kappa shape index (κ2) is 9.36. The number of thioether (sulfide) groups is 1. The molecule has 1 aliphatic heterocycles. The monoisotopic (exact) mass is 489 g/mol. The average Bonchev–Trinajstić information content (AvgIpc) is 3.06. The van der Waals surface area contributed by atoms with Gasteiger partial charge in [-0.3, -0.25) is 9.69 Å². The average molecular weight is 490 g/mol. The van der Waals surface area contributed by atoms with Crippen LogP contribution in [-0.4, -0.2) is 10.2 Å². The minimum Gasteiger partial charge on any atom is -0.488 e. The van der Waals surface area contributed by atoms with Gasteiger partial charge in [-0.2, -0.15) is 13.2 Å². The number of amides is 1. The highest BCUT2D eigenvalue weighted by atomic mass is 32.2. The summed E-state index contributed by atoms with van der Waals surface area (Å²) in [6.45, 7) is -0.0112. The number of ether oxygens (including phenoxy) is 1. The van der Waals surface area contributed by atoms with Crippen molar-refractivity contribution in [1.29, 1.82) is 0 Å². The number of thiocarbonyl (C=S) groups is 1. The summed E-state index contributed by atoms with van der Waals surface area (Å²) in [6.07, 6.45) is -2.98. The molecule has 1 aliphatic rings. The van der Waals surface area contributed by atoms with Crippen LogP contribution in [-0.2, 0) is 17.6 Å². The van der Waals surface area contributed by atoms with Crippen molar-refractivity contribution in [2.75, 3.05) is 4.90 Å². The van der Waals surface area contributed by atoms with E-state index in [-0.39, 0.29) is 21.5 Å². The first kappa shape index (κ1) is 23.0. The Hall–Kier alpha value is -3.17. The number of carbonyl (C=O) groups is 1. The number of para-hydroxylation sites is 1. The molecule has 0 radical (unpaired) electrons. The number of halogens is 4. The molecule has 9 heteroatoms. The first-order valence-electron chi connectivity index (χ1n) is 9.64. The van der Waals surface area contributed by atoms with Crippen LogP contribution in [0.3, 0.4) is 0 Å². The van der Waals surface area contributed by atoms with Crippen LogP contribution < -0.4 is 9.64 Å².